The number of guanidine groups is 1. The number of hydrogen-bond donors (Lipinski definition) is 1. The summed E-state index contributed by atoms with van der Waals surface area (Å²) in [7, 11) is 0. The van der Waals surface area contributed by atoms with Gasteiger partial charge in [-0.3, -0.25) is 19.7 Å². The van der Waals surface area contributed by atoms with Crippen LogP contribution in [0.4, 0.5) is 30.7 Å². The summed E-state index contributed by atoms with van der Waals surface area (Å²) in [5.41, 5.74) is -0.0255. The number of carbonyl (C=O) groups excluding carboxylic acids is 1. The van der Waals surface area contributed by atoms with Gasteiger partial charge in [-0.2, -0.15) is 26.3 Å². The van der Waals surface area contributed by atoms with E-state index in [4.69, 9.17) is 4.74 Å². The molecule has 0 saturated carbocycles. The van der Waals surface area contributed by atoms with Crippen LogP contribution in [0.3, 0.4) is 0 Å². The Kier molecular flexibility index (Phi) is 6.00. The fourth-order valence-electron chi connectivity index (χ4n) is 5.32. The smallest absolute Gasteiger partial charge is 0.433 e. The number of alkyl halides is 6. The van der Waals surface area contributed by atoms with Crippen molar-refractivity contribution in [1.29, 1.82) is 0 Å². The number of hydrogen-bond acceptors (Lipinski definition) is 5. The maximum atomic E-state index is 14.6. The van der Waals surface area contributed by atoms with Crippen molar-refractivity contribution in [3.8, 4) is 5.75 Å². The standard InChI is InChI=1S/C25H19F7N6O2/c26-17-1-2-18-13(3-4-40-18)15(17)7-34-23-35-8-16-14-6-33-19(25(30,31)32)5-12(14)9-37(10-24(27,28)29)22(39)20-21(16)38(23)11-36-20/h1-2,5-6,8,11,20-21H,3-4,7,9-10H2,(H,34,35). The van der Waals surface area contributed by atoms with Crippen molar-refractivity contribution in [2.24, 2.45) is 9.98 Å². The molecular formula is C25H19F7N6O2. The average molecular weight is 568 g/mol. The highest BCUT2D eigenvalue weighted by Gasteiger charge is 2.48. The predicted octanol–water partition coefficient (Wildman–Crippen LogP) is 3.66. The number of ether oxygens (including phenoxy) is 1. The van der Waals surface area contributed by atoms with Gasteiger partial charge in [0.15, 0.2) is 6.04 Å². The molecule has 2 aromatic rings. The number of rotatable bonds is 3. The number of nitrogens with one attached hydrogen (secondary N) is 1. The van der Waals surface area contributed by atoms with Gasteiger partial charge in [0, 0.05) is 47.6 Å². The van der Waals surface area contributed by atoms with Crippen LogP contribution in [0.25, 0.3) is 5.57 Å². The van der Waals surface area contributed by atoms with Gasteiger partial charge >= 0.3 is 12.4 Å². The van der Waals surface area contributed by atoms with Crippen LogP contribution < -0.4 is 10.1 Å². The molecule has 1 amide bonds. The molecule has 4 aliphatic rings. The molecule has 0 saturated heterocycles. The molecule has 0 fully saturated rings. The summed E-state index contributed by atoms with van der Waals surface area (Å²) < 4.78 is 101. The lowest BCUT2D eigenvalue weighted by molar-refractivity contribution is -0.163. The van der Waals surface area contributed by atoms with Crippen LogP contribution in [-0.4, -0.2) is 64.4 Å². The molecular weight excluding hydrogens is 549 g/mol. The van der Waals surface area contributed by atoms with Crippen LogP contribution in [0, 0.1) is 5.82 Å². The van der Waals surface area contributed by atoms with Crippen molar-refractivity contribution in [2.45, 2.75) is 43.9 Å². The quantitative estimate of drug-likeness (QED) is 0.572. The van der Waals surface area contributed by atoms with Crippen molar-refractivity contribution in [3.63, 3.8) is 0 Å². The fraction of sp³-hybridized carbons (Fsp3) is 0.360. The summed E-state index contributed by atoms with van der Waals surface area (Å²) >= 11 is 0. The predicted molar refractivity (Wildman–Crippen MR) is 126 cm³/mol. The molecule has 5 heterocycles. The zero-order chi connectivity index (χ0) is 28.4. The van der Waals surface area contributed by atoms with Gasteiger partial charge in [0.25, 0.3) is 5.91 Å². The van der Waals surface area contributed by atoms with Gasteiger partial charge in [0.1, 0.15) is 23.8 Å². The van der Waals surface area contributed by atoms with Crippen LogP contribution in [0.2, 0.25) is 0 Å². The van der Waals surface area contributed by atoms with Crippen molar-refractivity contribution < 1.29 is 40.3 Å². The lowest BCUT2D eigenvalue weighted by atomic mass is 9.88. The Balaban J connectivity index is 1.41. The first-order chi connectivity index (χ1) is 18.9. The molecule has 0 spiro atoms. The molecule has 4 aliphatic heterocycles. The molecule has 2 unspecified atom stereocenters. The van der Waals surface area contributed by atoms with Crippen molar-refractivity contribution in [2.75, 3.05) is 13.2 Å². The van der Waals surface area contributed by atoms with E-state index < -0.39 is 54.9 Å². The highest BCUT2D eigenvalue weighted by atomic mass is 19.4. The summed E-state index contributed by atoms with van der Waals surface area (Å²) in [6.45, 7) is -2.12. The van der Waals surface area contributed by atoms with Gasteiger partial charge in [0.2, 0.25) is 5.96 Å². The maximum absolute atomic E-state index is 14.6. The molecule has 0 radical (unpaired) electrons. The Morgan fingerprint density at radius 3 is 2.73 bits per heavy atom. The SMILES string of the molecule is O=C1C2N=CN3C(=NCc4c(F)ccc5c4CCO5)NC=C(c4cnc(C(F)(F)F)cc4CN1CC(F)(F)F)C23. The van der Waals surface area contributed by atoms with E-state index in [-0.39, 0.29) is 23.6 Å². The van der Waals surface area contributed by atoms with Crippen LogP contribution in [0.1, 0.15) is 27.9 Å². The molecule has 1 N–H and O–H groups in total. The number of aromatic nitrogens is 1. The average Bonchev–Trinajstić information content (AvgIpc) is 3.53. The second-order valence-electron chi connectivity index (χ2n) is 9.58. The monoisotopic (exact) mass is 568 g/mol. The molecule has 2 atom stereocenters. The minimum atomic E-state index is -4.85. The van der Waals surface area contributed by atoms with Gasteiger partial charge in [-0.15, -0.1) is 0 Å². The van der Waals surface area contributed by atoms with E-state index in [0.717, 1.165) is 6.20 Å². The Morgan fingerprint density at radius 1 is 1.18 bits per heavy atom. The number of carbonyl (C=O) groups is 1. The van der Waals surface area contributed by atoms with E-state index in [9.17, 15) is 35.5 Å². The van der Waals surface area contributed by atoms with Crippen LogP contribution in [-0.2, 0) is 30.5 Å². The lowest BCUT2D eigenvalue weighted by Gasteiger charge is -2.38. The molecule has 40 heavy (non-hydrogen) atoms. The van der Waals surface area contributed by atoms with Gasteiger partial charge < -0.3 is 15.0 Å². The molecule has 6 rings (SSSR count). The number of halogens is 7. The molecule has 15 heteroatoms. The number of amides is 1. The largest absolute Gasteiger partial charge is 0.493 e. The Labute approximate surface area is 221 Å². The second-order valence-corrected chi connectivity index (χ2v) is 9.58. The normalized spacial score (nSPS) is 22.7. The van der Waals surface area contributed by atoms with E-state index in [1.165, 1.54) is 29.6 Å². The first kappa shape index (κ1) is 26.1. The number of fused-ring (bicyclic) bond motifs is 3. The lowest BCUT2D eigenvalue weighted by Crippen LogP contribution is -2.55. The Morgan fingerprint density at radius 2 is 1.98 bits per heavy atom. The van der Waals surface area contributed by atoms with Gasteiger partial charge in [0.05, 0.1) is 25.5 Å². The van der Waals surface area contributed by atoms with Crippen LogP contribution >= 0.6 is 0 Å². The Bertz CT molecular complexity index is 1480. The van der Waals surface area contributed by atoms with E-state index >= 15 is 0 Å². The minimum Gasteiger partial charge on any atom is -0.493 e. The summed E-state index contributed by atoms with van der Waals surface area (Å²) in [6.07, 6.45) is -5.58. The van der Waals surface area contributed by atoms with Crippen molar-refractivity contribution in [1.82, 2.24) is 20.1 Å². The summed E-state index contributed by atoms with van der Waals surface area (Å²) in [5.74, 6) is -0.810. The number of benzene rings is 1. The molecule has 1 aromatic heterocycles. The number of pyridine rings is 1. The fourth-order valence-corrected chi connectivity index (χ4v) is 5.32. The maximum Gasteiger partial charge on any atom is 0.433 e. The highest BCUT2D eigenvalue weighted by molar-refractivity contribution is 6.03. The topological polar surface area (TPSA) is 82.4 Å². The number of aliphatic imine (C=N–C) groups is 2. The zero-order valence-electron chi connectivity index (χ0n) is 20.4. The van der Waals surface area contributed by atoms with Gasteiger partial charge in [-0.1, -0.05) is 0 Å². The third-order valence-corrected chi connectivity index (χ3v) is 7.09. The molecule has 1 aromatic carbocycles. The van der Waals surface area contributed by atoms with Crippen LogP contribution in [0.15, 0.2) is 40.6 Å². The second kappa shape index (κ2) is 9.20. The number of nitrogens with zero attached hydrogens (tertiary/aromatic N) is 5. The molecule has 8 nitrogen and oxygen atoms in total. The molecule has 0 bridgehead atoms. The van der Waals surface area contributed by atoms with E-state index in [2.05, 4.69) is 20.3 Å². The summed E-state index contributed by atoms with van der Waals surface area (Å²) in [5, 5.41) is 2.92. The third-order valence-electron chi connectivity index (χ3n) is 7.09. The van der Waals surface area contributed by atoms with E-state index in [1.54, 1.807) is 0 Å². The Hall–Kier alpha value is -4.17. The third kappa shape index (κ3) is 4.52. The molecule has 0 aliphatic carbocycles. The first-order valence-corrected chi connectivity index (χ1v) is 12.1. The minimum absolute atomic E-state index is 0.118. The van der Waals surface area contributed by atoms with Crippen molar-refractivity contribution in [3.05, 3.63) is 64.4 Å². The highest BCUT2D eigenvalue weighted by Crippen LogP contribution is 2.39. The summed E-state index contributed by atoms with van der Waals surface area (Å²) in [4.78, 5) is 27.3. The van der Waals surface area contributed by atoms with Gasteiger partial charge in [-0.05, 0) is 23.8 Å². The molecule has 210 valence electrons. The summed E-state index contributed by atoms with van der Waals surface area (Å²) in [6, 6.07) is 1.10. The van der Waals surface area contributed by atoms with Crippen molar-refractivity contribution >= 4 is 23.8 Å². The van der Waals surface area contributed by atoms with Crippen LogP contribution in [0.5, 0.6) is 5.75 Å². The van der Waals surface area contributed by atoms with Gasteiger partial charge in [-0.25, -0.2) is 9.38 Å². The van der Waals surface area contributed by atoms with E-state index in [1.807, 2.05) is 0 Å². The van der Waals surface area contributed by atoms with E-state index in [0.29, 0.717) is 46.4 Å². The first-order valence-electron chi connectivity index (χ1n) is 12.1. The zero-order valence-corrected chi connectivity index (χ0v) is 20.4.